The molecule has 0 spiro atoms. The molecule has 7 nitrogen and oxygen atoms in total. The van der Waals surface area contributed by atoms with Gasteiger partial charge in [0.2, 0.25) is 0 Å². The molecule has 1 aliphatic rings. The Morgan fingerprint density at radius 3 is 2.58 bits per heavy atom. The maximum atomic E-state index is 12.9. The van der Waals surface area contributed by atoms with Crippen molar-refractivity contribution < 1.29 is 19.4 Å². The summed E-state index contributed by atoms with van der Waals surface area (Å²) in [6, 6.07) is 7.03. The molecule has 2 rings (SSSR count). The zero-order valence-corrected chi connectivity index (χ0v) is 24.1. The van der Waals surface area contributed by atoms with E-state index in [0.29, 0.717) is 55.9 Å². The van der Waals surface area contributed by atoms with E-state index < -0.39 is 6.10 Å². The van der Waals surface area contributed by atoms with Gasteiger partial charge in [-0.05, 0) is 68.5 Å². The molecule has 1 aromatic rings. The van der Waals surface area contributed by atoms with Crippen LogP contribution in [0.4, 0.5) is 0 Å². The number of methoxy groups -OCH3 is 1. The summed E-state index contributed by atoms with van der Waals surface area (Å²) in [5.41, 5.74) is 6.96. The number of benzene rings is 1. The van der Waals surface area contributed by atoms with Crippen molar-refractivity contribution >= 4 is 30.7 Å². The fraction of sp³-hybridized carbons (Fsp3) is 0.741. The molecule has 0 aromatic heterocycles. The van der Waals surface area contributed by atoms with E-state index in [4.69, 9.17) is 15.2 Å². The van der Waals surface area contributed by atoms with E-state index in [1.165, 1.54) is 12.8 Å². The number of amides is 1. The lowest BCUT2D eigenvalue weighted by Gasteiger charge is -2.34. The first kappa shape index (κ1) is 34.9. The second-order valence-electron chi connectivity index (χ2n) is 10.2. The Hall–Kier alpha value is -1.09. The van der Waals surface area contributed by atoms with Gasteiger partial charge < -0.3 is 30.5 Å². The molecule has 4 N–H and O–H groups in total. The molecule has 1 fully saturated rings. The fourth-order valence-corrected chi connectivity index (χ4v) is 4.58. The molecule has 1 saturated heterocycles. The Morgan fingerprint density at radius 2 is 1.92 bits per heavy atom. The van der Waals surface area contributed by atoms with Crippen molar-refractivity contribution in [2.24, 2.45) is 23.5 Å². The van der Waals surface area contributed by atoms with Crippen LogP contribution in [0.5, 0.6) is 5.75 Å². The predicted molar refractivity (Wildman–Crippen MR) is 152 cm³/mol. The highest BCUT2D eigenvalue weighted by Crippen LogP contribution is 2.21. The lowest BCUT2D eigenvalue weighted by molar-refractivity contribution is 0.0625. The maximum absolute atomic E-state index is 12.9. The van der Waals surface area contributed by atoms with Crippen LogP contribution in [0, 0.1) is 17.8 Å². The zero-order valence-electron chi connectivity index (χ0n) is 22.5. The van der Waals surface area contributed by atoms with Gasteiger partial charge in [0.15, 0.2) is 0 Å². The fourth-order valence-electron chi connectivity index (χ4n) is 4.58. The summed E-state index contributed by atoms with van der Waals surface area (Å²) in [7, 11) is 1.69. The Kier molecular flexibility index (Phi) is 18.5. The number of carbonyl (C=O) groups is 1. The van der Waals surface area contributed by atoms with Crippen molar-refractivity contribution in [1.82, 2.24) is 10.2 Å². The molecule has 1 unspecified atom stereocenters. The molecule has 0 aliphatic carbocycles. The number of aliphatic hydroxyl groups is 1. The Bertz CT molecular complexity index is 726. The van der Waals surface area contributed by atoms with Crippen molar-refractivity contribution in [3.8, 4) is 5.75 Å². The number of β-amino-alcohol motifs (C(OH)–C–C–N with tert-alkyl or cyclic N) is 1. The molecule has 36 heavy (non-hydrogen) atoms. The number of nitrogens with zero attached hydrogens (tertiary/aromatic N) is 1. The number of rotatable bonds is 15. The highest BCUT2D eigenvalue weighted by molar-refractivity contribution is 5.96. The van der Waals surface area contributed by atoms with Gasteiger partial charge in [-0.3, -0.25) is 4.79 Å². The first-order chi connectivity index (χ1) is 16.3. The van der Waals surface area contributed by atoms with E-state index in [2.05, 4.69) is 31.0 Å². The second kappa shape index (κ2) is 19.0. The third kappa shape index (κ3) is 12.4. The number of piperidine rings is 1. The largest absolute Gasteiger partial charge is 0.493 e. The molecule has 1 heterocycles. The third-order valence-corrected chi connectivity index (χ3v) is 6.86. The minimum Gasteiger partial charge on any atom is -0.493 e. The minimum absolute atomic E-state index is 0. The van der Waals surface area contributed by atoms with Crippen molar-refractivity contribution in [3.05, 3.63) is 29.8 Å². The Morgan fingerprint density at radius 1 is 1.22 bits per heavy atom. The van der Waals surface area contributed by atoms with Crippen molar-refractivity contribution in [3.63, 3.8) is 0 Å². The molecule has 1 aliphatic heterocycles. The molecule has 4 atom stereocenters. The number of unbranched alkanes of at least 4 members (excludes halogenated alkanes) is 1. The third-order valence-electron chi connectivity index (χ3n) is 6.86. The van der Waals surface area contributed by atoms with Crippen LogP contribution in [0.2, 0.25) is 0 Å². The highest BCUT2D eigenvalue weighted by atomic mass is 35.5. The molecule has 9 heteroatoms. The molecule has 210 valence electrons. The van der Waals surface area contributed by atoms with Gasteiger partial charge in [0, 0.05) is 39.4 Å². The number of ether oxygens (including phenoxy) is 2. The predicted octanol–water partition coefficient (Wildman–Crippen LogP) is 4.15. The van der Waals surface area contributed by atoms with Gasteiger partial charge in [-0.1, -0.05) is 32.9 Å². The zero-order chi connectivity index (χ0) is 24.9. The van der Waals surface area contributed by atoms with Gasteiger partial charge in [0.05, 0.1) is 18.3 Å². The van der Waals surface area contributed by atoms with Crippen LogP contribution in [-0.2, 0) is 4.74 Å². The number of nitrogens with two attached hydrogens (primary N) is 1. The molecule has 0 radical (unpaired) electrons. The summed E-state index contributed by atoms with van der Waals surface area (Å²) in [6.45, 7) is 11.0. The van der Waals surface area contributed by atoms with Crippen molar-refractivity contribution in [2.45, 2.75) is 65.0 Å². The minimum atomic E-state index is -0.561. The molecule has 1 amide bonds. The smallest absolute Gasteiger partial charge is 0.255 e. The number of likely N-dealkylation sites (tertiary alicyclic amines) is 1. The number of nitrogens with one attached hydrogen (secondary N) is 1. The Balaban J connectivity index is 0.00000612. The van der Waals surface area contributed by atoms with Gasteiger partial charge in [0.25, 0.3) is 5.91 Å². The van der Waals surface area contributed by atoms with Crippen LogP contribution < -0.4 is 15.8 Å². The molecular formula is C27H49Cl2N3O4. The lowest BCUT2D eigenvalue weighted by Crippen LogP contribution is -2.48. The summed E-state index contributed by atoms with van der Waals surface area (Å²) in [6.07, 6.45) is 4.34. The average Bonchev–Trinajstić information content (AvgIpc) is 2.81. The van der Waals surface area contributed by atoms with E-state index in [9.17, 15) is 9.90 Å². The second-order valence-corrected chi connectivity index (χ2v) is 10.2. The SMILES string of the molecule is COCCCCOc1ccccc1C(=O)NC[C@@H](C[C@H](N)[C@@H](O)CN1CCCC(C)C1)C(C)C.Cl.Cl. The van der Waals surface area contributed by atoms with E-state index >= 15 is 0 Å². The van der Waals surface area contributed by atoms with Gasteiger partial charge in [-0.25, -0.2) is 0 Å². The topological polar surface area (TPSA) is 97.0 Å². The number of hydrogen-bond acceptors (Lipinski definition) is 6. The monoisotopic (exact) mass is 549 g/mol. The molecular weight excluding hydrogens is 501 g/mol. The number of aliphatic hydroxyl groups excluding tert-OH is 1. The summed E-state index contributed by atoms with van der Waals surface area (Å²) >= 11 is 0. The number of hydrogen-bond donors (Lipinski definition) is 3. The summed E-state index contributed by atoms with van der Waals surface area (Å²) in [5.74, 6) is 1.64. The average molecular weight is 551 g/mol. The molecule has 0 saturated carbocycles. The number of carbonyl (C=O) groups excluding carboxylic acids is 1. The van der Waals surface area contributed by atoms with E-state index in [1.807, 2.05) is 18.2 Å². The summed E-state index contributed by atoms with van der Waals surface area (Å²) in [4.78, 5) is 15.3. The van der Waals surface area contributed by atoms with Gasteiger partial charge in [-0.2, -0.15) is 0 Å². The molecule has 0 bridgehead atoms. The molecule has 1 aromatic carbocycles. The van der Waals surface area contributed by atoms with Crippen LogP contribution in [0.1, 0.15) is 63.2 Å². The van der Waals surface area contributed by atoms with Crippen LogP contribution in [0.3, 0.4) is 0 Å². The first-order valence-corrected chi connectivity index (χ1v) is 13.0. The number of para-hydroxylation sites is 1. The van der Waals surface area contributed by atoms with Crippen molar-refractivity contribution in [1.29, 1.82) is 0 Å². The standard InChI is InChI=1S/C27H47N3O4.2ClH/c1-20(2)22(16-24(28)25(31)19-30-13-9-10-21(3)18-30)17-29-27(32)23-11-5-6-12-26(23)34-15-8-7-14-33-4;;/h5-6,11-12,20-22,24-25,31H,7-10,13-19,28H2,1-4H3,(H,29,32);2*1H/t21?,22-,24+,25+;;/m1../s1. The van der Waals surface area contributed by atoms with Crippen molar-refractivity contribution in [2.75, 3.05) is 46.5 Å². The van der Waals surface area contributed by atoms with E-state index in [0.717, 1.165) is 25.9 Å². The normalized spacial score (nSPS) is 18.5. The van der Waals surface area contributed by atoms with Gasteiger partial charge >= 0.3 is 0 Å². The number of halogens is 2. The van der Waals surface area contributed by atoms with Crippen LogP contribution in [0.25, 0.3) is 0 Å². The lowest BCUT2D eigenvalue weighted by atomic mass is 9.87. The first-order valence-electron chi connectivity index (χ1n) is 13.0. The highest BCUT2D eigenvalue weighted by Gasteiger charge is 2.26. The summed E-state index contributed by atoms with van der Waals surface area (Å²) in [5, 5.41) is 13.8. The summed E-state index contributed by atoms with van der Waals surface area (Å²) < 4.78 is 10.9. The van der Waals surface area contributed by atoms with E-state index in [-0.39, 0.29) is 42.7 Å². The quantitative estimate of drug-likeness (QED) is 0.284. The maximum Gasteiger partial charge on any atom is 0.255 e. The van der Waals surface area contributed by atoms with Gasteiger partial charge in [0.1, 0.15) is 5.75 Å². The van der Waals surface area contributed by atoms with E-state index in [1.54, 1.807) is 13.2 Å². The van der Waals surface area contributed by atoms with Gasteiger partial charge in [-0.15, -0.1) is 24.8 Å². The van der Waals surface area contributed by atoms with Crippen LogP contribution >= 0.6 is 24.8 Å². The van der Waals surface area contributed by atoms with Crippen LogP contribution in [0.15, 0.2) is 24.3 Å². The van der Waals surface area contributed by atoms with Crippen LogP contribution in [-0.4, -0.2) is 74.6 Å². The Labute approximate surface area is 230 Å².